The highest BCUT2D eigenvalue weighted by Gasteiger charge is 2.06. The molecule has 0 heterocycles. The molecule has 0 bridgehead atoms. The molecular formula is C18H24O2S. The Morgan fingerprint density at radius 2 is 2.05 bits per heavy atom. The molecule has 114 valence electrons. The number of carboxylic acid groups (broad SMARTS) is 1. The largest absolute Gasteiger partial charge is 0.477 e. The molecule has 0 aliphatic carbocycles. The first-order valence-electron chi connectivity index (χ1n) is 7.38. The Morgan fingerprint density at radius 3 is 2.67 bits per heavy atom. The van der Waals surface area contributed by atoms with Crippen LogP contribution in [0.1, 0.15) is 38.2 Å². The first-order valence-corrected chi connectivity index (χ1v) is 8.26. The number of hydrogen-bond acceptors (Lipinski definition) is 2. The smallest absolute Gasteiger partial charge is 0.342 e. The Bertz CT molecular complexity index is 465. The number of allylic oxidation sites excluding steroid dienone is 1. The minimum atomic E-state index is -0.864. The van der Waals surface area contributed by atoms with Crippen molar-refractivity contribution in [3.8, 4) is 0 Å². The second-order valence-electron chi connectivity index (χ2n) is 5.22. The van der Waals surface area contributed by atoms with Gasteiger partial charge in [0.15, 0.2) is 0 Å². The van der Waals surface area contributed by atoms with E-state index in [0.717, 1.165) is 19.3 Å². The maximum atomic E-state index is 11.0. The van der Waals surface area contributed by atoms with Crippen molar-refractivity contribution in [1.82, 2.24) is 0 Å². The Labute approximate surface area is 132 Å². The number of carboxylic acids is 1. The van der Waals surface area contributed by atoms with E-state index < -0.39 is 5.97 Å². The quantitative estimate of drug-likeness (QED) is 0.598. The zero-order valence-electron chi connectivity index (χ0n) is 12.6. The van der Waals surface area contributed by atoms with Crippen LogP contribution >= 0.6 is 11.8 Å². The van der Waals surface area contributed by atoms with Gasteiger partial charge in [-0.15, -0.1) is 0 Å². The predicted octanol–water partition coefficient (Wildman–Crippen LogP) is 5.27. The average Bonchev–Trinajstić information content (AvgIpc) is 2.47. The van der Waals surface area contributed by atoms with Crippen molar-refractivity contribution in [2.45, 2.75) is 39.0 Å². The van der Waals surface area contributed by atoms with E-state index in [2.05, 4.69) is 37.8 Å². The van der Waals surface area contributed by atoms with Gasteiger partial charge in [0, 0.05) is 0 Å². The third-order valence-electron chi connectivity index (χ3n) is 3.42. The molecule has 1 atom stereocenters. The molecule has 1 N–H and O–H groups in total. The number of thioether (sulfide) groups is 1. The van der Waals surface area contributed by atoms with Crippen molar-refractivity contribution in [3.05, 3.63) is 58.9 Å². The topological polar surface area (TPSA) is 37.3 Å². The van der Waals surface area contributed by atoms with Crippen LogP contribution in [0.25, 0.3) is 0 Å². The number of rotatable bonds is 10. The second-order valence-corrected chi connectivity index (χ2v) is 6.23. The van der Waals surface area contributed by atoms with Crippen LogP contribution < -0.4 is 0 Å². The van der Waals surface area contributed by atoms with Crippen molar-refractivity contribution in [2.24, 2.45) is 5.92 Å². The maximum Gasteiger partial charge on any atom is 0.342 e. The third-order valence-corrected chi connectivity index (χ3v) is 4.18. The lowest BCUT2D eigenvalue weighted by molar-refractivity contribution is -0.131. The average molecular weight is 304 g/mol. The summed E-state index contributed by atoms with van der Waals surface area (Å²) in [5.74, 6) is -0.245. The molecule has 0 saturated carbocycles. The molecule has 1 unspecified atom stereocenters. The Kier molecular flexibility index (Phi) is 8.60. The highest BCUT2D eigenvalue weighted by molar-refractivity contribution is 8.06. The van der Waals surface area contributed by atoms with Crippen molar-refractivity contribution in [1.29, 1.82) is 0 Å². The molecule has 0 aromatic heterocycles. The summed E-state index contributed by atoms with van der Waals surface area (Å²) >= 11 is 1.18. The lowest BCUT2D eigenvalue weighted by atomic mass is 9.97. The first-order chi connectivity index (χ1) is 10.1. The van der Waals surface area contributed by atoms with E-state index in [1.807, 2.05) is 12.1 Å². The normalized spacial score (nSPS) is 12.9. The maximum absolute atomic E-state index is 11.0. The summed E-state index contributed by atoms with van der Waals surface area (Å²) in [6.45, 7) is 5.79. The van der Waals surface area contributed by atoms with Crippen molar-refractivity contribution in [2.75, 3.05) is 0 Å². The summed E-state index contributed by atoms with van der Waals surface area (Å²) in [5.41, 5.74) is 1.39. The van der Waals surface area contributed by atoms with Crippen molar-refractivity contribution >= 4 is 17.7 Å². The van der Waals surface area contributed by atoms with Crippen LogP contribution in [0.15, 0.2) is 53.3 Å². The van der Waals surface area contributed by atoms with Gasteiger partial charge in [-0.1, -0.05) is 68.1 Å². The van der Waals surface area contributed by atoms with E-state index in [4.69, 9.17) is 5.11 Å². The van der Waals surface area contributed by atoms with Crippen molar-refractivity contribution in [3.63, 3.8) is 0 Å². The van der Waals surface area contributed by atoms with Gasteiger partial charge in [-0.25, -0.2) is 4.79 Å². The molecule has 0 fully saturated rings. The molecule has 0 aliphatic rings. The molecular weight excluding hydrogens is 280 g/mol. The molecule has 0 aliphatic heterocycles. The number of carbonyl (C=O) groups is 1. The standard InChI is InChI=1S/C18H24O2S/c1-3-21-17(18(19)20)14-8-10-15(2)9-7-13-16-11-5-4-6-12-16/h3-6,11-12,14-15H,1,7-10,13H2,2H3,(H,19,20). The Morgan fingerprint density at radius 1 is 1.33 bits per heavy atom. The molecule has 21 heavy (non-hydrogen) atoms. The molecule has 1 aromatic carbocycles. The number of aryl methyl sites for hydroxylation is 1. The summed E-state index contributed by atoms with van der Waals surface area (Å²) in [6, 6.07) is 10.5. The number of hydrogen-bond donors (Lipinski definition) is 1. The van der Waals surface area contributed by atoms with Gasteiger partial charge < -0.3 is 5.11 Å². The molecule has 1 aromatic rings. The van der Waals surface area contributed by atoms with Crippen LogP contribution in [0.5, 0.6) is 0 Å². The zero-order chi connectivity index (χ0) is 15.5. The minimum Gasteiger partial charge on any atom is -0.477 e. The molecule has 0 radical (unpaired) electrons. The Balaban J connectivity index is 2.24. The summed E-state index contributed by atoms with van der Waals surface area (Å²) in [7, 11) is 0. The van der Waals surface area contributed by atoms with Crippen LogP contribution in [0.2, 0.25) is 0 Å². The van der Waals surface area contributed by atoms with E-state index in [-0.39, 0.29) is 0 Å². The highest BCUT2D eigenvalue weighted by atomic mass is 32.2. The highest BCUT2D eigenvalue weighted by Crippen LogP contribution is 2.20. The van der Waals surface area contributed by atoms with Crippen LogP contribution in [0.4, 0.5) is 0 Å². The van der Waals surface area contributed by atoms with Crippen LogP contribution in [0, 0.1) is 5.92 Å². The number of aliphatic carboxylic acids is 1. The fourth-order valence-electron chi connectivity index (χ4n) is 2.22. The van der Waals surface area contributed by atoms with E-state index >= 15 is 0 Å². The van der Waals surface area contributed by atoms with Crippen molar-refractivity contribution < 1.29 is 9.90 Å². The zero-order valence-corrected chi connectivity index (χ0v) is 13.4. The van der Waals surface area contributed by atoms with E-state index in [0.29, 0.717) is 10.8 Å². The molecule has 3 heteroatoms. The van der Waals surface area contributed by atoms with Gasteiger partial charge in [0.2, 0.25) is 0 Å². The summed E-state index contributed by atoms with van der Waals surface area (Å²) in [5, 5.41) is 10.6. The van der Waals surface area contributed by atoms with Gasteiger partial charge in [-0.3, -0.25) is 0 Å². The predicted molar refractivity (Wildman–Crippen MR) is 91.3 cm³/mol. The van der Waals surface area contributed by atoms with Gasteiger partial charge in [0.05, 0.1) is 4.91 Å². The molecule has 0 spiro atoms. The SMILES string of the molecule is C=CSC(=CCCC(C)CCCc1ccccc1)C(=O)O. The third kappa shape index (κ3) is 7.76. The van der Waals surface area contributed by atoms with Gasteiger partial charge in [0.1, 0.15) is 0 Å². The summed E-state index contributed by atoms with van der Waals surface area (Å²) in [4.78, 5) is 11.3. The summed E-state index contributed by atoms with van der Waals surface area (Å²) in [6.07, 6.45) is 7.14. The van der Waals surface area contributed by atoms with E-state index in [9.17, 15) is 4.79 Å². The second kappa shape index (κ2) is 10.3. The Hall–Kier alpha value is -1.48. The summed E-state index contributed by atoms with van der Waals surface area (Å²) < 4.78 is 0. The number of benzene rings is 1. The fraction of sp³-hybridized carbons (Fsp3) is 0.389. The fourth-order valence-corrected chi connectivity index (χ4v) is 2.71. The van der Waals surface area contributed by atoms with Gasteiger partial charge in [0.25, 0.3) is 0 Å². The molecule has 0 saturated heterocycles. The van der Waals surface area contributed by atoms with Gasteiger partial charge >= 0.3 is 5.97 Å². The van der Waals surface area contributed by atoms with E-state index in [1.54, 1.807) is 5.41 Å². The van der Waals surface area contributed by atoms with Crippen LogP contribution in [-0.2, 0) is 11.2 Å². The van der Waals surface area contributed by atoms with Crippen LogP contribution in [-0.4, -0.2) is 11.1 Å². The molecule has 0 amide bonds. The van der Waals surface area contributed by atoms with Crippen LogP contribution in [0.3, 0.4) is 0 Å². The first kappa shape index (κ1) is 17.6. The minimum absolute atomic E-state index is 0.376. The lowest BCUT2D eigenvalue weighted by Crippen LogP contribution is -1.98. The molecule has 1 rings (SSSR count). The van der Waals surface area contributed by atoms with E-state index in [1.165, 1.54) is 30.2 Å². The van der Waals surface area contributed by atoms with Gasteiger partial charge in [-0.05, 0) is 42.6 Å². The monoisotopic (exact) mass is 304 g/mol. The lowest BCUT2D eigenvalue weighted by Gasteiger charge is -2.10. The van der Waals surface area contributed by atoms with Gasteiger partial charge in [-0.2, -0.15) is 0 Å². The molecule has 2 nitrogen and oxygen atoms in total.